The first-order chi connectivity index (χ1) is 9.75. The van der Waals surface area contributed by atoms with E-state index in [1.807, 2.05) is 0 Å². The van der Waals surface area contributed by atoms with Crippen molar-refractivity contribution in [1.29, 1.82) is 0 Å². The number of rotatable bonds is 3. The third-order valence-electron chi connectivity index (χ3n) is 3.09. The highest BCUT2D eigenvalue weighted by Gasteiger charge is 2.11. The number of fused-ring (bicyclic) bond motifs is 1. The summed E-state index contributed by atoms with van der Waals surface area (Å²) in [7, 11) is 0. The third kappa shape index (κ3) is 2.21. The molecule has 5 heteroatoms. The van der Waals surface area contributed by atoms with Gasteiger partial charge in [-0.3, -0.25) is 9.59 Å². The average Bonchev–Trinajstić information content (AvgIpc) is 2.99. The molecule has 0 unspecified atom stereocenters. The van der Waals surface area contributed by atoms with Crippen LogP contribution in [0.5, 0.6) is 0 Å². The van der Waals surface area contributed by atoms with E-state index in [4.69, 9.17) is 4.42 Å². The van der Waals surface area contributed by atoms with Gasteiger partial charge in [0.15, 0.2) is 0 Å². The molecule has 1 amide bonds. The number of hydrogen-bond donors (Lipinski definition) is 2. The molecule has 0 saturated carbocycles. The summed E-state index contributed by atoms with van der Waals surface area (Å²) in [6.45, 7) is 0.378. The van der Waals surface area contributed by atoms with Crippen LogP contribution in [-0.2, 0) is 6.54 Å². The maximum absolute atomic E-state index is 12.2. The fourth-order valence-electron chi connectivity index (χ4n) is 2.07. The van der Waals surface area contributed by atoms with Crippen molar-refractivity contribution in [2.75, 3.05) is 0 Å². The Morgan fingerprint density at radius 2 is 2.00 bits per heavy atom. The van der Waals surface area contributed by atoms with Gasteiger partial charge in [-0.15, -0.1) is 0 Å². The summed E-state index contributed by atoms with van der Waals surface area (Å²) < 4.78 is 4.94. The molecule has 0 aliphatic heterocycles. The van der Waals surface area contributed by atoms with Gasteiger partial charge >= 0.3 is 0 Å². The van der Waals surface area contributed by atoms with Crippen LogP contribution in [0.25, 0.3) is 10.8 Å². The minimum Gasteiger partial charge on any atom is -0.472 e. The Hall–Kier alpha value is -2.82. The van der Waals surface area contributed by atoms with Crippen molar-refractivity contribution >= 4 is 16.7 Å². The number of aromatic amines is 1. The lowest BCUT2D eigenvalue weighted by atomic mass is 10.1. The van der Waals surface area contributed by atoms with Gasteiger partial charge in [-0.25, -0.2) is 0 Å². The van der Waals surface area contributed by atoms with Gasteiger partial charge in [0.1, 0.15) is 0 Å². The molecule has 1 aromatic carbocycles. The van der Waals surface area contributed by atoms with Crippen LogP contribution in [0.1, 0.15) is 15.9 Å². The molecule has 2 N–H and O–H groups in total. The largest absolute Gasteiger partial charge is 0.472 e. The van der Waals surface area contributed by atoms with Crippen molar-refractivity contribution in [3.63, 3.8) is 0 Å². The summed E-state index contributed by atoms with van der Waals surface area (Å²) in [6.07, 6.45) is 4.57. The molecule has 100 valence electrons. The van der Waals surface area contributed by atoms with Gasteiger partial charge in [0, 0.05) is 29.1 Å². The minimum atomic E-state index is -0.237. The van der Waals surface area contributed by atoms with Crippen molar-refractivity contribution in [2.24, 2.45) is 0 Å². The van der Waals surface area contributed by atoms with E-state index in [0.29, 0.717) is 22.9 Å². The number of benzene rings is 1. The standard InChI is InChI=1S/C15H12N2O3/c18-14-12-4-2-1-3-11(12)13(8-17-14)15(19)16-7-10-5-6-20-9-10/h1-6,8-9H,7H2,(H,16,19)(H,17,18). The number of aromatic nitrogens is 1. The van der Waals surface area contributed by atoms with E-state index < -0.39 is 0 Å². The number of carbonyl (C=O) groups is 1. The molecule has 0 saturated heterocycles. The number of amides is 1. The van der Waals surface area contributed by atoms with Crippen LogP contribution < -0.4 is 10.9 Å². The van der Waals surface area contributed by atoms with E-state index >= 15 is 0 Å². The molecule has 0 bridgehead atoms. The Labute approximate surface area is 114 Å². The second kappa shape index (κ2) is 5.05. The molecule has 3 rings (SSSR count). The van der Waals surface area contributed by atoms with Crippen LogP contribution in [0.2, 0.25) is 0 Å². The molecule has 0 spiro atoms. The first-order valence-corrected chi connectivity index (χ1v) is 6.15. The topological polar surface area (TPSA) is 75.1 Å². The number of hydrogen-bond acceptors (Lipinski definition) is 3. The smallest absolute Gasteiger partial charge is 0.255 e. The summed E-state index contributed by atoms with van der Waals surface area (Å²) in [4.78, 5) is 26.5. The molecule has 0 atom stereocenters. The van der Waals surface area contributed by atoms with Gasteiger partial charge in [0.25, 0.3) is 11.5 Å². The zero-order valence-electron chi connectivity index (χ0n) is 10.6. The van der Waals surface area contributed by atoms with Crippen LogP contribution in [0.4, 0.5) is 0 Å². The maximum Gasteiger partial charge on any atom is 0.255 e. The zero-order valence-corrected chi connectivity index (χ0v) is 10.6. The van der Waals surface area contributed by atoms with E-state index in [9.17, 15) is 9.59 Å². The molecule has 5 nitrogen and oxygen atoms in total. The average molecular weight is 268 g/mol. The van der Waals surface area contributed by atoms with E-state index in [2.05, 4.69) is 10.3 Å². The minimum absolute atomic E-state index is 0.202. The van der Waals surface area contributed by atoms with Crippen molar-refractivity contribution in [3.05, 3.63) is 70.5 Å². The first kappa shape index (κ1) is 12.2. The van der Waals surface area contributed by atoms with Crippen molar-refractivity contribution in [2.45, 2.75) is 6.54 Å². The van der Waals surface area contributed by atoms with E-state index in [1.54, 1.807) is 42.9 Å². The van der Waals surface area contributed by atoms with Gasteiger partial charge in [-0.1, -0.05) is 18.2 Å². The summed E-state index contributed by atoms with van der Waals surface area (Å²) in [6, 6.07) is 8.81. The summed E-state index contributed by atoms with van der Waals surface area (Å²) in [5.74, 6) is -0.237. The Balaban J connectivity index is 1.92. The van der Waals surface area contributed by atoms with Crippen LogP contribution in [0, 0.1) is 0 Å². The highest BCUT2D eigenvalue weighted by Crippen LogP contribution is 2.14. The lowest BCUT2D eigenvalue weighted by Gasteiger charge is -2.06. The molecular formula is C15H12N2O3. The number of nitrogens with one attached hydrogen (secondary N) is 2. The molecule has 2 heterocycles. The fourth-order valence-corrected chi connectivity index (χ4v) is 2.07. The Morgan fingerprint density at radius 1 is 1.20 bits per heavy atom. The molecule has 0 aliphatic carbocycles. The third-order valence-corrected chi connectivity index (χ3v) is 3.09. The Kier molecular flexibility index (Phi) is 3.09. The summed E-state index contributed by atoms with van der Waals surface area (Å²) in [5, 5.41) is 3.93. The van der Waals surface area contributed by atoms with Crippen molar-refractivity contribution in [3.8, 4) is 0 Å². The Bertz CT molecular complexity index is 803. The van der Waals surface area contributed by atoms with Crippen LogP contribution in [-0.4, -0.2) is 10.9 Å². The van der Waals surface area contributed by atoms with Gasteiger partial charge < -0.3 is 14.7 Å². The molecule has 0 aliphatic rings. The highest BCUT2D eigenvalue weighted by molar-refractivity contribution is 6.06. The molecule has 0 fully saturated rings. The Morgan fingerprint density at radius 3 is 2.75 bits per heavy atom. The predicted molar refractivity (Wildman–Crippen MR) is 74.4 cm³/mol. The quantitative estimate of drug-likeness (QED) is 0.763. The summed E-state index contributed by atoms with van der Waals surface area (Å²) >= 11 is 0. The number of carbonyl (C=O) groups excluding carboxylic acids is 1. The normalized spacial score (nSPS) is 10.6. The highest BCUT2D eigenvalue weighted by atomic mass is 16.3. The number of H-pyrrole nitrogens is 1. The van der Waals surface area contributed by atoms with Gasteiger partial charge in [0.05, 0.1) is 18.1 Å². The van der Waals surface area contributed by atoms with Crippen LogP contribution >= 0.6 is 0 Å². The van der Waals surface area contributed by atoms with Crippen molar-refractivity contribution < 1.29 is 9.21 Å². The van der Waals surface area contributed by atoms with Gasteiger partial charge in [-0.2, -0.15) is 0 Å². The van der Waals surface area contributed by atoms with Gasteiger partial charge in [-0.05, 0) is 12.1 Å². The SMILES string of the molecule is O=C(NCc1ccoc1)c1c[nH]c(=O)c2ccccc12. The van der Waals surface area contributed by atoms with Crippen molar-refractivity contribution in [1.82, 2.24) is 10.3 Å². The zero-order chi connectivity index (χ0) is 13.9. The maximum atomic E-state index is 12.2. The lowest BCUT2D eigenvalue weighted by molar-refractivity contribution is 0.0952. The van der Waals surface area contributed by atoms with E-state index in [0.717, 1.165) is 5.56 Å². The summed E-state index contributed by atoms with van der Waals surface area (Å²) in [5.41, 5.74) is 1.13. The second-order valence-electron chi connectivity index (χ2n) is 4.39. The second-order valence-corrected chi connectivity index (χ2v) is 4.39. The lowest BCUT2D eigenvalue weighted by Crippen LogP contribution is -2.24. The van der Waals surface area contributed by atoms with Gasteiger partial charge in [0.2, 0.25) is 0 Å². The fraction of sp³-hybridized carbons (Fsp3) is 0.0667. The molecule has 3 aromatic rings. The first-order valence-electron chi connectivity index (χ1n) is 6.15. The molecule has 20 heavy (non-hydrogen) atoms. The monoisotopic (exact) mass is 268 g/mol. The number of furan rings is 1. The number of pyridine rings is 1. The molecule has 2 aromatic heterocycles. The van der Waals surface area contributed by atoms with Crippen LogP contribution in [0.15, 0.2) is 58.3 Å². The molecular weight excluding hydrogens is 256 g/mol. The van der Waals surface area contributed by atoms with E-state index in [1.165, 1.54) is 6.20 Å². The molecule has 0 radical (unpaired) electrons. The van der Waals surface area contributed by atoms with Crippen LogP contribution in [0.3, 0.4) is 0 Å². The van der Waals surface area contributed by atoms with E-state index in [-0.39, 0.29) is 11.5 Å². The predicted octanol–water partition coefficient (Wildman–Crippen LogP) is 2.05.